The highest BCUT2D eigenvalue weighted by atomic mass is 19.1. The number of halogens is 1. The first kappa shape index (κ1) is 11.3. The van der Waals surface area contributed by atoms with Crippen molar-refractivity contribution in [3.8, 4) is 5.75 Å². The van der Waals surface area contributed by atoms with Gasteiger partial charge in [-0.2, -0.15) is 0 Å². The largest absolute Gasteiger partial charge is 0.494 e. The maximum absolute atomic E-state index is 13.5. The van der Waals surface area contributed by atoms with Gasteiger partial charge >= 0.3 is 0 Å². The van der Waals surface area contributed by atoms with Gasteiger partial charge in [-0.1, -0.05) is 12.1 Å². The maximum Gasteiger partial charge on any atom is 0.199 e. The van der Waals surface area contributed by atoms with Crippen LogP contribution in [0.25, 0.3) is 0 Å². The molecule has 1 aromatic carbocycles. The molecule has 0 aliphatic heterocycles. The minimum absolute atomic E-state index is 0.0250. The Hall–Kier alpha value is -2.23. The topological polar surface area (TPSA) is 39.2 Å². The summed E-state index contributed by atoms with van der Waals surface area (Å²) in [4.78, 5) is 15.9. The first-order chi connectivity index (χ1) is 8.24. The van der Waals surface area contributed by atoms with Crippen LogP contribution in [-0.4, -0.2) is 17.9 Å². The van der Waals surface area contributed by atoms with Gasteiger partial charge in [0.05, 0.1) is 24.4 Å². The van der Waals surface area contributed by atoms with Crippen molar-refractivity contribution in [3.05, 3.63) is 59.7 Å². The van der Waals surface area contributed by atoms with Crippen LogP contribution < -0.4 is 4.74 Å². The van der Waals surface area contributed by atoms with Gasteiger partial charge in [-0.3, -0.25) is 9.78 Å². The van der Waals surface area contributed by atoms with Crippen molar-refractivity contribution in [1.82, 2.24) is 4.98 Å². The number of carbonyl (C=O) groups is 1. The molecule has 0 unspecified atom stereocenters. The Morgan fingerprint density at radius 1 is 1.24 bits per heavy atom. The average molecular weight is 231 g/mol. The van der Waals surface area contributed by atoms with E-state index in [0.29, 0.717) is 11.3 Å². The fourth-order valence-electron chi connectivity index (χ4n) is 1.52. The first-order valence-electron chi connectivity index (χ1n) is 5.01. The van der Waals surface area contributed by atoms with Crippen LogP contribution in [0.3, 0.4) is 0 Å². The molecule has 17 heavy (non-hydrogen) atoms. The number of rotatable bonds is 3. The molecule has 0 fully saturated rings. The summed E-state index contributed by atoms with van der Waals surface area (Å²) in [5.41, 5.74) is 0.324. The van der Waals surface area contributed by atoms with Gasteiger partial charge in [-0.05, 0) is 18.2 Å². The van der Waals surface area contributed by atoms with Crippen LogP contribution in [0.15, 0.2) is 42.7 Å². The van der Waals surface area contributed by atoms with Crippen LogP contribution in [0.4, 0.5) is 4.39 Å². The van der Waals surface area contributed by atoms with E-state index in [9.17, 15) is 9.18 Å². The third-order valence-corrected chi connectivity index (χ3v) is 2.37. The van der Waals surface area contributed by atoms with Crippen LogP contribution in [0, 0.1) is 5.82 Å². The minimum atomic E-state index is -0.545. The summed E-state index contributed by atoms with van der Waals surface area (Å²) in [6.45, 7) is 0. The monoisotopic (exact) mass is 231 g/mol. The van der Waals surface area contributed by atoms with Crippen LogP contribution >= 0.6 is 0 Å². The van der Waals surface area contributed by atoms with E-state index in [1.807, 2.05) is 0 Å². The number of carbonyl (C=O) groups excluding carboxylic acids is 1. The molecule has 2 rings (SSSR count). The molecular formula is C13H10FNO2. The molecule has 4 heteroatoms. The van der Waals surface area contributed by atoms with Crippen molar-refractivity contribution < 1.29 is 13.9 Å². The Morgan fingerprint density at radius 2 is 2.00 bits per heavy atom. The lowest BCUT2D eigenvalue weighted by Crippen LogP contribution is -2.06. The van der Waals surface area contributed by atoms with Gasteiger partial charge in [0.2, 0.25) is 0 Å². The summed E-state index contributed by atoms with van der Waals surface area (Å²) in [6.07, 6.45) is 2.89. The fourth-order valence-corrected chi connectivity index (χ4v) is 1.52. The lowest BCUT2D eigenvalue weighted by molar-refractivity contribution is 0.103. The van der Waals surface area contributed by atoms with Gasteiger partial charge in [0.25, 0.3) is 0 Å². The van der Waals surface area contributed by atoms with E-state index >= 15 is 0 Å². The molecule has 0 N–H and O–H groups in total. The number of methoxy groups -OCH3 is 1. The quantitative estimate of drug-likeness (QED) is 0.762. The third-order valence-electron chi connectivity index (χ3n) is 2.37. The third kappa shape index (κ3) is 2.15. The normalized spacial score (nSPS) is 10.0. The molecular weight excluding hydrogens is 221 g/mol. The standard InChI is InChI=1S/C13H10FNO2/c1-17-12-8-15-7-6-10(12)13(16)9-4-2-3-5-11(9)14/h2-8H,1H3. The van der Waals surface area contributed by atoms with Gasteiger partial charge in [0.15, 0.2) is 5.78 Å². The van der Waals surface area contributed by atoms with Crippen molar-refractivity contribution in [2.24, 2.45) is 0 Å². The van der Waals surface area contributed by atoms with Crippen molar-refractivity contribution in [2.75, 3.05) is 7.11 Å². The van der Waals surface area contributed by atoms with Gasteiger partial charge in [-0.25, -0.2) is 4.39 Å². The molecule has 0 spiro atoms. The van der Waals surface area contributed by atoms with Crippen LogP contribution in [-0.2, 0) is 0 Å². The smallest absolute Gasteiger partial charge is 0.199 e. The van der Waals surface area contributed by atoms with Gasteiger partial charge < -0.3 is 4.74 Å². The molecule has 2 aromatic rings. The highest BCUT2D eigenvalue weighted by Crippen LogP contribution is 2.21. The van der Waals surface area contributed by atoms with Crippen LogP contribution in [0.5, 0.6) is 5.75 Å². The van der Waals surface area contributed by atoms with Crippen LogP contribution in [0.1, 0.15) is 15.9 Å². The second kappa shape index (κ2) is 4.74. The van der Waals surface area contributed by atoms with Crippen molar-refractivity contribution in [2.45, 2.75) is 0 Å². The van der Waals surface area contributed by atoms with E-state index in [1.54, 1.807) is 6.07 Å². The Morgan fingerprint density at radius 3 is 2.71 bits per heavy atom. The summed E-state index contributed by atoms with van der Waals surface area (Å²) >= 11 is 0. The molecule has 0 aliphatic rings. The molecule has 86 valence electrons. The summed E-state index contributed by atoms with van der Waals surface area (Å²) in [6, 6.07) is 7.35. The molecule has 0 aliphatic carbocycles. The van der Waals surface area contributed by atoms with Gasteiger partial charge in [-0.15, -0.1) is 0 Å². The zero-order chi connectivity index (χ0) is 12.3. The molecule has 3 nitrogen and oxygen atoms in total. The molecule has 0 atom stereocenters. The van der Waals surface area contributed by atoms with E-state index in [-0.39, 0.29) is 5.56 Å². The van der Waals surface area contributed by atoms with E-state index in [4.69, 9.17) is 4.74 Å². The lowest BCUT2D eigenvalue weighted by Gasteiger charge is -2.06. The van der Waals surface area contributed by atoms with Crippen LogP contribution in [0.2, 0.25) is 0 Å². The Kier molecular flexibility index (Phi) is 3.14. The number of pyridine rings is 1. The van der Waals surface area contributed by atoms with Gasteiger partial charge in [0.1, 0.15) is 11.6 Å². The molecule has 1 aromatic heterocycles. The second-order valence-corrected chi connectivity index (χ2v) is 3.38. The number of benzene rings is 1. The zero-order valence-corrected chi connectivity index (χ0v) is 9.18. The average Bonchev–Trinajstić information content (AvgIpc) is 2.38. The predicted octanol–water partition coefficient (Wildman–Crippen LogP) is 2.46. The van der Waals surface area contributed by atoms with Crippen molar-refractivity contribution in [3.63, 3.8) is 0 Å². The van der Waals surface area contributed by atoms with E-state index in [0.717, 1.165) is 0 Å². The first-order valence-corrected chi connectivity index (χ1v) is 5.01. The number of hydrogen-bond donors (Lipinski definition) is 0. The minimum Gasteiger partial charge on any atom is -0.494 e. The molecule has 0 saturated carbocycles. The summed E-state index contributed by atoms with van der Waals surface area (Å²) < 4.78 is 18.5. The van der Waals surface area contributed by atoms with E-state index < -0.39 is 11.6 Å². The number of aromatic nitrogens is 1. The number of ketones is 1. The lowest BCUT2D eigenvalue weighted by atomic mass is 10.0. The summed E-state index contributed by atoms with van der Waals surface area (Å²) in [7, 11) is 1.44. The SMILES string of the molecule is COc1cnccc1C(=O)c1ccccc1F. The summed E-state index contributed by atoms with van der Waals surface area (Å²) in [5.74, 6) is -0.625. The molecule has 0 bridgehead atoms. The maximum atomic E-state index is 13.5. The highest BCUT2D eigenvalue weighted by molar-refractivity contribution is 6.10. The highest BCUT2D eigenvalue weighted by Gasteiger charge is 2.17. The molecule has 0 saturated heterocycles. The van der Waals surface area contributed by atoms with E-state index in [1.165, 1.54) is 43.8 Å². The number of hydrogen-bond acceptors (Lipinski definition) is 3. The summed E-state index contributed by atoms with van der Waals surface area (Å²) in [5, 5.41) is 0. The Balaban J connectivity index is 2.48. The molecule has 0 radical (unpaired) electrons. The molecule has 1 heterocycles. The molecule has 0 amide bonds. The number of ether oxygens (including phenoxy) is 1. The Bertz CT molecular complexity index is 555. The zero-order valence-electron chi connectivity index (χ0n) is 9.18. The second-order valence-electron chi connectivity index (χ2n) is 3.38. The predicted molar refractivity (Wildman–Crippen MR) is 60.6 cm³/mol. The fraction of sp³-hybridized carbons (Fsp3) is 0.0769. The Labute approximate surface area is 97.9 Å². The van der Waals surface area contributed by atoms with Gasteiger partial charge in [0, 0.05) is 6.20 Å². The van der Waals surface area contributed by atoms with Crippen molar-refractivity contribution >= 4 is 5.78 Å². The van der Waals surface area contributed by atoms with Crippen molar-refractivity contribution in [1.29, 1.82) is 0 Å². The number of nitrogens with zero attached hydrogens (tertiary/aromatic N) is 1. The van der Waals surface area contributed by atoms with E-state index in [2.05, 4.69) is 4.98 Å².